The van der Waals surface area contributed by atoms with Gasteiger partial charge in [0.25, 0.3) is 0 Å². The zero-order valence-corrected chi connectivity index (χ0v) is 27.0. The molecule has 0 bridgehead atoms. The van der Waals surface area contributed by atoms with Crippen molar-refractivity contribution in [3.63, 3.8) is 0 Å². The molecule has 49 heavy (non-hydrogen) atoms. The van der Waals surface area contributed by atoms with Crippen molar-refractivity contribution in [3.8, 4) is 33.4 Å². The Bertz CT molecular complexity index is 2580. The quantitative estimate of drug-likeness (QED) is 0.178. The van der Waals surface area contributed by atoms with Crippen LogP contribution in [0.2, 0.25) is 0 Å². The molecule has 0 atom stereocenters. The first-order chi connectivity index (χ1) is 24.3. The Kier molecular flexibility index (Phi) is 7.22. The molecule has 230 valence electrons. The molecule has 9 rings (SSSR count). The van der Waals surface area contributed by atoms with E-state index in [0.717, 1.165) is 17.1 Å². The molecule has 0 radical (unpaired) electrons. The fraction of sp³-hybridized carbons (Fsp3) is 0. The van der Waals surface area contributed by atoms with Gasteiger partial charge in [-0.3, -0.25) is 0 Å². The van der Waals surface area contributed by atoms with E-state index in [0.29, 0.717) is 0 Å². The summed E-state index contributed by atoms with van der Waals surface area (Å²) in [4.78, 5) is 2.45. The van der Waals surface area contributed by atoms with Crippen molar-refractivity contribution >= 4 is 49.4 Å². The van der Waals surface area contributed by atoms with Gasteiger partial charge in [-0.1, -0.05) is 176 Å². The second-order valence-corrected chi connectivity index (χ2v) is 12.5. The summed E-state index contributed by atoms with van der Waals surface area (Å²) >= 11 is 0. The first-order valence-corrected chi connectivity index (χ1v) is 16.9. The van der Waals surface area contributed by atoms with E-state index in [9.17, 15) is 0 Å². The molecule has 0 saturated heterocycles. The van der Waals surface area contributed by atoms with Crippen molar-refractivity contribution in [2.24, 2.45) is 0 Å². The maximum Gasteiger partial charge on any atom is 0.0546 e. The lowest BCUT2D eigenvalue weighted by molar-refractivity contribution is 1.30. The summed E-state index contributed by atoms with van der Waals surface area (Å²) in [6, 6.07) is 72.5. The highest BCUT2D eigenvalue weighted by molar-refractivity contribution is 6.04. The van der Waals surface area contributed by atoms with Crippen LogP contribution in [0, 0.1) is 0 Å². The third kappa shape index (κ3) is 5.23. The highest BCUT2D eigenvalue weighted by Gasteiger charge is 2.21. The van der Waals surface area contributed by atoms with Crippen LogP contribution in [0.3, 0.4) is 0 Å². The molecular formula is C48H33N. The smallest absolute Gasteiger partial charge is 0.0546 e. The van der Waals surface area contributed by atoms with Crippen LogP contribution in [0.1, 0.15) is 0 Å². The van der Waals surface area contributed by atoms with Crippen molar-refractivity contribution in [2.75, 3.05) is 4.90 Å². The predicted molar refractivity (Wildman–Crippen MR) is 210 cm³/mol. The van der Waals surface area contributed by atoms with E-state index in [4.69, 9.17) is 0 Å². The number of nitrogens with zero attached hydrogens (tertiary/aromatic N) is 1. The van der Waals surface area contributed by atoms with Gasteiger partial charge in [0.15, 0.2) is 0 Å². The Morgan fingerprint density at radius 1 is 0.265 bits per heavy atom. The summed E-state index contributed by atoms with van der Waals surface area (Å²) in [5, 5.41) is 7.42. The lowest BCUT2D eigenvalue weighted by atomic mass is 9.93. The largest absolute Gasteiger partial charge is 0.309 e. The Morgan fingerprint density at radius 3 is 1.39 bits per heavy atom. The minimum atomic E-state index is 1.10. The zero-order chi connectivity index (χ0) is 32.6. The molecule has 0 N–H and O–H groups in total. The predicted octanol–water partition coefficient (Wildman–Crippen LogP) is 13.6. The minimum Gasteiger partial charge on any atom is -0.309 e. The molecule has 0 fully saturated rings. The van der Waals surface area contributed by atoms with Gasteiger partial charge in [-0.05, 0) is 79.0 Å². The maximum absolute atomic E-state index is 2.45. The SMILES string of the molecule is c1ccc(-c2ccc(-c3cccc4ccccc34)cc2N(c2ccc(-c3cccc4ccccc34)cc2)c2cccc3ccccc23)cc1. The molecule has 0 aliphatic heterocycles. The summed E-state index contributed by atoms with van der Waals surface area (Å²) in [5.74, 6) is 0. The van der Waals surface area contributed by atoms with Crippen LogP contribution in [0.25, 0.3) is 65.7 Å². The van der Waals surface area contributed by atoms with Crippen molar-refractivity contribution in [2.45, 2.75) is 0 Å². The second-order valence-electron chi connectivity index (χ2n) is 12.5. The molecule has 0 unspecified atom stereocenters. The van der Waals surface area contributed by atoms with Crippen LogP contribution in [0.4, 0.5) is 17.1 Å². The van der Waals surface area contributed by atoms with E-state index in [1.165, 1.54) is 65.7 Å². The number of benzene rings is 9. The second kappa shape index (κ2) is 12.3. The minimum absolute atomic E-state index is 1.10. The van der Waals surface area contributed by atoms with Crippen molar-refractivity contribution < 1.29 is 0 Å². The molecule has 0 aromatic heterocycles. The maximum atomic E-state index is 2.45. The average molecular weight is 624 g/mol. The lowest BCUT2D eigenvalue weighted by Crippen LogP contribution is -2.12. The first-order valence-electron chi connectivity index (χ1n) is 16.9. The van der Waals surface area contributed by atoms with Gasteiger partial charge in [-0.25, -0.2) is 0 Å². The van der Waals surface area contributed by atoms with Crippen LogP contribution < -0.4 is 4.90 Å². The first kappa shape index (κ1) is 28.8. The molecular weight excluding hydrogens is 591 g/mol. The highest BCUT2D eigenvalue weighted by Crippen LogP contribution is 2.46. The van der Waals surface area contributed by atoms with Crippen molar-refractivity contribution in [3.05, 3.63) is 200 Å². The van der Waals surface area contributed by atoms with Gasteiger partial charge in [0.2, 0.25) is 0 Å². The number of rotatable bonds is 6. The molecule has 1 nitrogen and oxygen atoms in total. The third-order valence-electron chi connectivity index (χ3n) is 9.66. The lowest BCUT2D eigenvalue weighted by Gasteiger charge is -2.30. The van der Waals surface area contributed by atoms with E-state index < -0.39 is 0 Å². The number of anilines is 3. The fourth-order valence-corrected chi connectivity index (χ4v) is 7.30. The van der Waals surface area contributed by atoms with Gasteiger partial charge in [-0.2, -0.15) is 0 Å². The molecule has 9 aromatic carbocycles. The monoisotopic (exact) mass is 623 g/mol. The summed E-state index contributed by atoms with van der Waals surface area (Å²) in [7, 11) is 0. The van der Waals surface area contributed by atoms with Gasteiger partial charge in [0, 0.05) is 16.6 Å². The van der Waals surface area contributed by atoms with E-state index in [2.05, 4.69) is 205 Å². The molecule has 0 aliphatic carbocycles. The molecule has 0 spiro atoms. The van der Waals surface area contributed by atoms with Crippen LogP contribution in [0.15, 0.2) is 200 Å². The summed E-state index contributed by atoms with van der Waals surface area (Å²) in [5.41, 5.74) is 10.6. The van der Waals surface area contributed by atoms with Crippen molar-refractivity contribution in [1.82, 2.24) is 0 Å². The van der Waals surface area contributed by atoms with Gasteiger partial charge in [0.05, 0.1) is 11.4 Å². The van der Waals surface area contributed by atoms with Crippen molar-refractivity contribution in [1.29, 1.82) is 0 Å². The number of fused-ring (bicyclic) bond motifs is 3. The van der Waals surface area contributed by atoms with E-state index in [-0.39, 0.29) is 0 Å². The number of hydrogen-bond acceptors (Lipinski definition) is 1. The van der Waals surface area contributed by atoms with Crippen LogP contribution in [0.5, 0.6) is 0 Å². The van der Waals surface area contributed by atoms with Gasteiger partial charge in [-0.15, -0.1) is 0 Å². The molecule has 0 amide bonds. The van der Waals surface area contributed by atoms with E-state index in [1.54, 1.807) is 0 Å². The molecule has 1 heteroatoms. The zero-order valence-electron chi connectivity index (χ0n) is 27.0. The number of hydrogen-bond donors (Lipinski definition) is 0. The summed E-state index contributed by atoms with van der Waals surface area (Å²) < 4.78 is 0. The van der Waals surface area contributed by atoms with Gasteiger partial charge >= 0.3 is 0 Å². The third-order valence-corrected chi connectivity index (χ3v) is 9.66. The Balaban J connectivity index is 1.30. The molecule has 9 aromatic rings. The van der Waals surface area contributed by atoms with Gasteiger partial charge in [0.1, 0.15) is 0 Å². The summed E-state index contributed by atoms with van der Waals surface area (Å²) in [6.45, 7) is 0. The summed E-state index contributed by atoms with van der Waals surface area (Å²) in [6.07, 6.45) is 0. The van der Waals surface area contributed by atoms with Gasteiger partial charge < -0.3 is 4.90 Å². The molecule has 0 aliphatic rings. The normalized spacial score (nSPS) is 11.3. The Morgan fingerprint density at radius 2 is 0.735 bits per heavy atom. The van der Waals surface area contributed by atoms with Crippen LogP contribution in [-0.2, 0) is 0 Å². The van der Waals surface area contributed by atoms with Crippen LogP contribution in [-0.4, -0.2) is 0 Å². The fourth-order valence-electron chi connectivity index (χ4n) is 7.30. The van der Waals surface area contributed by atoms with E-state index in [1.807, 2.05) is 0 Å². The Hall–Kier alpha value is -6.44. The highest BCUT2D eigenvalue weighted by atomic mass is 15.1. The Labute approximate surface area is 287 Å². The molecule has 0 heterocycles. The van der Waals surface area contributed by atoms with Crippen LogP contribution >= 0.6 is 0 Å². The average Bonchev–Trinajstić information content (AvgIpc) is 3.18. The van der Waals surface area contributed by atoms with E-state index >= 15 is 0 Å². The molecule has 0 saturated carbocycles. The standard InChI is InChI=1S/C48H33N/c1-2-13-36(14-3-1)46-32-29-39(44-25-11-19-35-16-5-8-22-42(35)44)33-48(46)49(47-26-12-20-37-17-6-9-23-45(37)47)40-30-27-38(28-31-40)43-24-10-18-34-15-4-7-21-41(34)43/h1-33H. The topological polar surface area (TPSA) is 3.24 Å².